The van der Waals surface area contributed by atoms with Crippen LogP contribution in [0.15, 0.2) is 12.1 Å². The fourth-order valence-electron chi connectivity index (χ4n) is 2.06. The van der Waals surface area contributed by atoms with E-state index >= 15 is 0 Å². The molecule has 19 heavy (non-hydrogen) atoms. The second kappa shape index (κ2) is 5.53. The highest BCUT2D eigenvalue weighted by molar-refractivity contribution is 6.33. The molecule has 0 atom stereocenters. The molecule has 0 aliphatic carbocycles. The number of hydrogen-bond donors (Lipinski definition) is 1. The normalized spacial score (nSPS) is 10.6. The molecule has 5 heteroatoms. The van der Waals surface area contributed by atoms with Crippen molar-refractivity contribution >= 4 is 28.3 Å². The highest BCUT2D eigenvalue weighted by Gasteiger charge is 2.15. The fourth-order valence-corrected chi connectivity index (χ4v) is 2.34. The van der Waals surface area contributed by atoms with Gasteiger partial charge in [0.15, 0.2) is 0 Å². The molecule has 0 spiro atoms. The van der Waals surface area contributed by atoms with Crippen LogP contribution in [0, 0.1) is 6.92 Å². The summed E-state index contributed by atoms with van der Waals surface area (Å²) in [6.07, 6.45) is 0. The molecule has 1 aromatic heterocycles. The molecule has 0 saturated heterocycles. The first-order valence-electron chi connectivity index (χ1n) is 6.08. The molecule has 2 rings (SSSR count). The lowest BCUT2D eigenvalue weighted by Gasteiger charge is -2.14. The number of nitrogens with zero attached hydrogens (tertiary/aromatic N) is 1. The Balaban J connectivity index is 2.80. The van der Waals surface area contributed by atoms with E-state index in [1.807, 2.05) is 19.9 Å². The van der Waals surface area contributed by atoms with Crippen LogP contribution >= 0.6 is 11.6 Å². The average Bonchev–Trinajstić information content (AvgIpc) is 2.39. The number of benzene rings is 1. The van der Waals surface area contributed by atoms with E-state index in [9.17, 15) is 0 Å². The van der Waals surface area contributed by atoms with Gasteiger partial charge in [-0.3, -0.25) is 0 Å². The number of rotatable bonds is 4. The first kappa shape index (κ1) is 13.7. The molecule has 0 amide bonds. The molecule has 0 radical (unpaired) electrons. The quantitative estimate of drug-likeness (QED) is 0.928. The number of aromatic nitrogens is 1. The van der Waals surface area contributed by atoms with Gasteiger partial charge < -0.3 is 14.8 Å². The van der Waals surface area contributed by atoms with E-state index in [1.165, 1.54) is 0 Å². The molecule has 0 aliphatic rings. The minimum absolute atomic E-state index is 0.518. The predicted octanol–water partition coefficient (Wildman–Crippen LogP) is 3.65. The van der Waals surface area contributed by atoms with E-state index in [1.54, 1.807) is 20.3 Å². The average molecular weight is 281 g/mol. The number of pyridine rings is 1. The summed E-state index contributed by atoms with van der Waals surface area (Å²) in [4.78, 5) is 4.61. The third-order valence-electron chi connectivity index (χ3n) is 2.93. The SMILES string of the molecule is CCNc1nc2c(OC)cc(Cl)c(OC)c2cc1C. The smallest absolute Gasteiger partial charge is 0.147 e. The lowest BCUT2D eigenvalue weighted by atomic mass is 10.1. The van der Waals surface area contributed by atoms with Crippen LogP contribution in [0.5, 0.6) is 11.5 Å². The Kier molecular flexibility index (Phi) is 4.00. The van der Waals surface area contributed by atoms with E-state index in [0.717, 1.165) is 28.8 Å². The number of nitrogens with one attached hydrogen (secondary N) is 1. The van der Waals surface area contributed by atoms with Crippen molar-refractivity contribution in [2.24, 2.45) is 0 Å². The van der Waals surface area contributed by atoms with Crippen molar-refractivity contribution in [1.29, 1.82) is 0 Å². The summed E-state index contributed by atoms with van der Waals surface area (Å²) in [6, 6.07) is 3.73. The Bertz CT molecular complexity index is 614. The number of fused-ring (bicyclic) bond motifs is 1. The largest absolute Gasteiger partial charge is 0.494 e. The molecule has 102 valence electrons. The van der Waals surface area contributed by atoms with Gasteiger partial charge in [-0.25, -0.2) is 4.98 Å². The molecule has 4 nitrogen and oxygen atoms in total. The van der Waals surface area contributed by atoms with E-state index in [-0.39, 0.29) is 0 Å². The number of ether oxygens (including phenoxy) is 2. The van der Waals surface area contributed by atoms with Crippen LogP contribution in [-0.2, 0) is 0 Å². The van der Waals surface area contributed by atoms with E-state index in [0.29, 0.717) is 16.5 Å². The van der Waals surface area contributed by atoms with Crippen molar-refractivity contribution in [3.63, 3.8) is 0 Å². The van der Waals surface area contributed by atoms with Gasteiger partial charge in [0.1, 0.15) is 22.8 Å². The van der Waals surface area contributed by atoms with Crippen molar-refractivity contribution in [3.05, 3.63) is 22.7 Å². The zero-order valence-electron chi connectivity index (χ0n) is 11.5. The highest BCUT2D eigenvalue weighted by atomic mass is 35.5. The zero-order valence-corrected chi connectivity index (χ0v) is 12.3. The Labute approximate surface area is 117 Å². The van der Waals surface area contributed by atoms with Gasteiger partial charge in [0, 0.05) is 18.0 Å². The number of aryl methyl sites for hydroxylation is 1. The standard InChI is InChI=1S/C14H17ClN2O2/c1-5-16-14-8(2)6-9-12(17-14)11(18-3)7-10(15)13(9)19-4/h6-7H,5H2,1-4H3,(H,16,17). The monoisotopic (exact) mass is 280 g/mol. The molecule has 1 N–H and O–H groups in total. The van der Waals surface area contributed by atoms with Crippen LogP contribution in [0.4, 0.5) is 5.82 Å². The molecular formula is C14H17ClN2O2. The Morgan fingerprint density at radius 3 is 2.58 bits per heavy atom. The molecule has 1 aromatic carbocycles. The lowest BCUT2D eigenvalue weighted by Crippen LogP contribution is -2.03. The van der Waals surface area contributed by atoms with E-state index < -0.39 is 0 Å². The van der Waals surface area contributed by atoms with Crippen LogP contribution in [0.3, 0.4) is 0 Å². The maximum atomic E-state index is 6.19. The molecule has 1 heterocycles. The molecule has 0 unspecified atom stereocenters. The third kappa shape index (κ3) is 2.40. The van der Waals surface area contributed by atoms with Crippen LogP contribution in [0.1, 0.15) is 12.5 Å². The van der Waals surface area contributed by atoms with Crippen molar-refractivity contribution in [1.82, 2.24) is 4.98 Å². The summed E-state index contributed by atoms with van der Waals surface area (Å²) in [5, 5.41) is 4.60. The van der Waals surface area contributed by atoms with Crippen molar-refractivity contribution in [2.75, 3.05) is 26.1 Å². The first-order valence-corrected chi connectivity index (χ1v) is 6.45. The summed E-state index contributed by atoms with van der Waals surface area (Å²) >= 11 is 6.19. The van der Waals surface area contributed by atoms with Crippen LogP contribution in [0.2, 0.25) is 5.02 Å². The van der Waals surface area contributed by atoms with Gasteiger partial charge in [0.25, 0.3) is 0 Å². The van der Waals surface area contributed by atoms with Gasteiger partial charge >= 0.3 is 0 Å². The van der Waals surface area contributed by atoms with Crippen LogP contribution in [0.25, 0.3) is 10.9 Å². The number of methoxy groups -OCH3 is 2. The van der Waals surface area contributed by atoms with Crippen LogP contribution in [-0.4, -0.2) is 25.7 Å². The topological polar surface area (TPSA) is 43.4 Å². The number of hydrogen-bond acceptors (Lipinski definition) is 4. The fraction of sp³-hybridized carbons (Fsp3) is 0.357. The van der Waals surface area contributed by atoms with Gasteiger partial charge in [-0.15, -0.1) is 0 Å². The molecule has 0 bridgehead atoms. The van der Waals surface area contributed by atoms with Crippen molar-refractivity contribution in [2.45, 2.75) is 13.8 Å². The summed E-state index contributed by atoms with van der Waals surface area (Å²) in [7, 11) is 3.20. The summed E-state index contributed by atoms with van der Waals surface area (Å²) < 4.78 is 10.7. The van der Waals surface area contributed by atoms with Crippen molar-refractivity contribution < 1.29 is 9.47 Å². The Hall–Kier alpha value is -1.68. The highest BCUT2D eigenvalue weighted by Crippen LogP contribution is 2.39. The second-order valence-corrected chi connectivity index (χ2v) is 4.58. The first-order chi connectivity index (χ1) is 9.12. The molecule has 0 aliphatic heterocycles. The van der Waals surface area contributed by atoms with E-state index in [2.05, 4.69) is 10.3 Å². The maximum Gasteiger partial charge on any atom is 0.147 e. The van der Waals surface area contributed by atoms with E-state index in [4.69, 9.17) is 21.1 Å². The molecule has 0 saturated carbocycles. The predicted molar refractivity (Wildman–Crippen MR) is 78.8 cm³/mol. The second-order valence-electron chi connectivity index (χ2n) is 4.17. The maximum absolute atomic E-state index is 6.19. The minimum atomic E-state index is 0.518. The van der Waals surface area contributed by atoms with Gasteiger partial charge in [-0.1, -0.05) is 11.6 Å². The van der Waals surface area contributed by atoms with Crippen LogP contribution < -0.4 is 14.8 Å². The van der Waals surface area contributed by atoms with Crippen molar-refractivity contribution in [3.8, 4) is 11.5 Å². The third-order valence-corrected chi connectivity index (χ3v) is 3.21. The zero-order chi connectivity index (χ0) is 14.0. The minimum Gasteiger partial charge on any atom is -0.494 e. The summed E-state index contributed by atoms with van der Waals surface area (Å²) in [6.45, 7) is 4.84. The van der Waals surface area contributed by atoms with Gasteiger partial charge in [0.05, 0.1) is 19.2 Å². The number of halogens is 1. The lowest BCUT2D eigenvalue weighted by molar-refractivity contribution is 0.410. The number of anilines is 1. The Morgan fingerprint density at radius 1 is 1.26 bits per heavy atom. The van der Waals surface area contributed by atoms with Gasteiger partial charge in [-0.2, -0.15) is 0 Å². The molecule has 0 fully saturated rings. The summed E-state index contributed by atoms with van der Waals surface area (Å²) in [5.41, 5.74) is 1.78. The molecule has 2 aromatic rings. The summed E-state index contributed by atoms with van der Waals surface area (Å²) in [5.74, 6) is 2.11. The Morgan fingerprint density at radius 2 is 2.00 bits per heavy atom. The molecular weight excluding hydrogens is 264 g/mol. The van der Waals surface area contributed by atoms with Gasteiger partial charge in [-0.05, 0) is 25.5 Å². The van der Waals surface area contributed by atoms with Gasteiger partial charge in [0.2, 0.25) is 0 Å².